The molecular formula is C5H8FO2S. The highest BCUT2D eigenvalue weighted by molar-refractivity contribution is 8.02. The molecule has 0 bridgehead atoms. The van der Waals surface area contributed by atoms with Crippen molar-refractivity contribution in [2.75, 3.05) is 6.61 Å². The van der Waals surface area contributed by atoms with Gasteiger partial charge in [0.05, 0.1) is 17.6 Å². The van der Waals surface area contributed by atoms with Gasteiger partial charge in [0.2, 0.25) is 0 Å². The fraction of sp³-hybridized carbons (Fsp3) is 0.800. The van der Waals surface area contributed by atoms with Gasteiger partial charge in [-0.05, 0) is 0 Å². The molecule has 1 saturated heterocycles. The smallest absolute Gasteiger partial charge is 0.140 e. The zero-order chi connectivity index (χ0) is 6.85. The summed E-state index contributed by atoms with van der Waals surface area (Å²) in [4.78, 5) is 0. The van der Waals surface area contributed by atoms with Crippen molar-refractivity contribution < 1.29 is 14.6 Å². The van der Waals surface area contributed by atoms with Gasteiger partial charge in [0.15, 0.2) is 0 Å². The van der Waals surface area contributed by atoms with Crippen LogP contribution in [0.25, 0.3) is 0 Å². The highest BCUT2D eigenvalue weighted by Gasteiger charge is 2.35. The fourth-order valence-corrected chi connectivity index (χ4v) is 1.60. The first-order chi connectivity index (χ1) is 4.25. The molecule has 0 aliphatic carbocycles. The third kappa shape index (κ3) is 1.36. The second kappa shape index (κ2) is 2.86. The van der Waals surface area contributed by atoms with Gasteiger partial charge in [-0.3, -0.25) is 0 Å². The van der Waals surface area contributed by atoms with E-state index in [4.69, 9.17) is 10.2 Å². The van der Waals surface area contributed by atoms with Crippen molar-refractivity contribution >= 4 is 11.8 Å². The van der Waals surface area contributed by atoms with E-state index >= 15 is 0 Å². The van der Waals surface area contributed by atoms with Gasteiger partial charge < -0.3 is 10.2 Å². The molecule has 2 nitrogen and oxygen atoms in total. The Bertz CT molecular complexity index is 101. The van der Waals surface area contributed by atoms with Gasteiger partial charge in [0.1, 0.15) is 12.3 Å². The zero-order valence-electron chi connectivity index (χ0n) is 4.70. The number of hydrogen-bond acceptors (Lipinski definition) is 3. The summed E-state index contributed by atoms with van der Waals surface area (Å²) in [7, 11) is 0. The second-order valence-electron chi connectivity index (χ2n) is 1.93. The lowest BCUT2D eigenvalue weighted by molar-refractivity contribution is 0.0876. The molecule has 0 unspecified atom stereocenters. The van der Waals surface area contributed by atoms with E-state index in [0.29, 0.717) is 0 Å². The molecule has 1 fully saturated rings. The minimum Gasteiger partial charge on any atom is -0.395 e. The van der Waals surface area contributed by atoms with E-state index in [1.165, 1.54) is 5.75 Å². The van der Waals surface area contributed by atoms with Crippen molar-refractivity contribution in [3.63, 3.8) is 0 Å². The maximum Gasteiger partial charge on any atom is 0.140 e. The molecule has 0 aromatic carbocycles. The van der Waals surface area contributed by atoms with Gasteiger partial charge in [-0.15, -0.1) is 11.8 Å². The van der Waals surface area contributed by atoms with Crippen LogP contribution < -0.4 is 0 Å². The molecule has 1 aliphatic rings. The third-order valence-corrected chi connectivity index (χ3v) is 2.47. The lowest BCUT2D eigenvalue weighted by Crippen LogP contribution is -2.27. The second-order valence-corrected chi connectivity index (χ2v) is 3.08. The molecular weight excluding hydrogens is 143 g/mol. The minimum atomic E-state index is -1.27. The maximum atomic E-state index is 12.3. The third-order valence-electron chi connectivity index (χ3n) is 1.27. The Morgan fingerprint density at radius 1 is 1.67 bits per heavy atom. The molecule has 9 heavy (non-hydrogen) atoms. The molecule has 0 saturated carbocycles. The first kappa shape index (κ1) is 7.31. The molecule has 0 amide bonds. The number of hydrogen-bond donors (Lipinski definition) is 2. The number of aliphatic hydroxyl groups is 2. The molecule has 1 heterocycles. The van der Waals surface area contributed by atoms with Crippen LogP contribution >= 0.6 is 11.8 Å². The summed E-state index contributed by atoms with van der Waals surface area (Å²) in [6.45, 7) is -0.164. The summed E-state index contributed by atoms with van der Waals surface area (Å²) >= 11 is 1.16. The predicted octanol–water partition coefficient (Wildman–Crippen LogP) is -0.0451. The Labute approximate surface area is 57.1 Å². The van der Waals surface area contributed by atoms with Crippen LogP contribution in [-0.2, 0) is 0 Å². The van der Waals surface area contributed by atoms with Crippen LogP contribution in [0.1, 0.15) is 0 Å². The van der Waals surface area contributed by atoms with Crippen LogP contribution in [0.5, 0.6) is 0 Å². The van der Waals surface area contributed by atoms with Gasteiger partial charge in [0.25, 0.3) is 0 Å². The summed E-state index contributed by atoms with van der Waals surface area (Å²) in [5.41, 5.74) is 0. The number of aliphatic hydroxyl groups excluding tert-OH is 2. The van der Waals surface area contributed by atoms with Crippen molar-refractivity contribution in [1.29, 1.82) is 0 Å². The molecule has 4 heteroatoms. The van der Waals surface area contributed by atoms with Crippen molar-refractivity contribution in [2.24, 2.45) is 0 Å². The Hall–Kier alpha value is 0.200. The average Bonchev–Trinajstić information content (AvgIpc) is 2.15. The van der Waals surface area contributed by atoms with Crippen LogP contribution in [0, 0.1) is 5.75 Å². The summed E-state index contributed by atoms with van der Waals surface area (Å²) in [6, 6.07) is 0. The molecule has 1 radical (unpaired) electrons. The lowest BCUT2D eigenvalue weighted by Gasteiger charge is -2.09. The van der Waals surface area contributed by atoms with Crippen molar-refractivity contribution in [3.05, 3.63) is 5.75 Å². The van der Waals surface area contributed by atoms with E-state index in [2.05, 4.69) is 0 Å². The van der Waals surface area contributed by atoms with E-state index in [-0.39, 0.29) is 11.9 Å². The number of rotatable bonds is 1. The average molecular weight is 151 g/mol. The summed E-state index contributed by atoms with van der Waals surface area (Å²) in [5.74, 6) is 1.31. The molecule has 1 rings (SSSR count). The molecule has 0 spiro atoms. The Morgan fingerprint density at radius 2 is 2.33 bits per heavy atom. The van der Waals surface area contributed by atoms with Crippen molar-refractivity contribution in [2.45, 2.75) is 17.5 Å². The van der Waals surface area contributed by atoms with Crippen LogP contribution in [0.4, 0.5) is 4.39 Å². The molecule has 53 valence electrons. The maximum absolute atomic E-state index is 12.3. The van der Waals surface area contributed by atoms with E-state index in [9.17, 15) is 4.39 Å². The Kier molecular flexibility index (Phi) is 2.32. The summed E-state index contributed by atoms with van der Waals surface area (Å²) in [6.07, 6.45) is -2.29. The van der Waals surface area contributed by atoms with E-state index < -0.39 is 12.3 Å². The monoisotopic (exact) mass is 151 g/mol. The number of thioether (sulfide) groups is 1. The fourth-order valence-electron chi connectivity index (χ4n) is 0.693. The van der Waals surface area contributed by atoms with Gasteiger partial charge >= 0.3 is 0 Å². The molecule has 3 atom stereocenters. The van der Waals surface area contributed by atoms with Gasteiger partial charge in [0, 0.05) is 0 Å². The van der Waals surface area contributed by atoms with E-state index in [1.807, 2.05) is 0 Å². The number of alkyl halides is 1. The quantitative estimate of drug-likeness (QED) is 0.552. The number of halogens is 1. The van der Waals surface area contributed by atoms with Crippen LogP contribution in [0.3, 0.4) is 0 Å². The highest BCUT2D eigenvalue weighted by Crippen LogP contribution is 2.32. The largest absolute Gasteiger partial charge is 0.395 e. The first-order valence-electron chi connectivity index (χ1n) is 2.67. The normalized spacial score (nSPS) is 43.7. The van der Waals surface area contributed by atoms with Crippen LogP contribution in [0.15, 0.2) is 0 Å². The lowest BCUT2D eigenvalue weighted by atomic mass is 10.2. The first-order valence-corrected chi connectivity index (χ1v) is 3.62. The van der Waals surface area contributed by atoms with Crippen LogP contribution in [0.2, 0.25) is 0 Å². The minimum absolute atomic E-state index is 0.164. The molecule has 0 aromatic rings. The molecule has 1 aliphatic heterocycles. The predicted molar refractivity (Wildman–Crippen MR) is 33.7 cm³/mol. The summed E-state index contributed by atoms with van der Waals surface area (Å²) < 4.78 is 12.3. The van der Waals surface area contributed by atoms with Gasteiger partial charge in [-0.25, -0.2) is 4.39 Å². The molecule has 2 N–H and O–H groups in total. The van der Waals surface area contributed by atoms with Crippen LogP contribution in [-0.4, -0.2) is 34.3 Å². The van der Waals surface area contributed by atoms with Crippen molar-refractivity contribution in [1.82, 2.24) is 0 Å². The van der Waals surface area contributed by atoms with Crippen molar-refractivity contribution in [3.8, 4) is 0 Å². The van der Waals surface area contributed by atoms with Gasteiger partial charge in [-0.2, -0.15) is 0 Å². The highest BCUT2D eigenvalue weighted by atomic mass is 32.2. The van der Waals surface area contributed by atoms with E-state index in [1.54, 1.807) is 0 Å². The van der Waals surface area contributed by atoms with Gasteiger partial charge in [-0.1, -0.05) is 0 Å². The summed E-state index contributed by atoms with van der Waals surface area (Å²) in [5, 5.41) is 17.0. The zero-order valence-corrected chi connectivity index (χ0v) is 5.51. The SMILES string of the molecule is OC[C@@H]1S[CH][C@H](F)[C@H]1O. The Balaban J connectivity index is 2.41. The Morgan fingerprint density at radius 3 is 2.56 bits per heavy atom. The van der Waals surface area contributed by atoms with E-state index in [0.717, 1.165) is 11.8 Å². The topological polar surface area (TPSA) is 40.5 Å². The molecule has 0 aromatic heterocycles. The standard InChI is InChI=1S/C5H8FO2S/c6-3-2-9-4(1-7)5(3)8/h2-5,7-8H,1H2/t3-,4-,5+/m0/s1.